The molecule has 0 aliphatic rings. The average molecular weight is 246 g/mol. The molecule has 0 saturated carbocycles. The van der Waals surface area contributed by atoms with Gasteiger partial charge in [-0.05, 0) is 31.2 Å². The first-order valence-electron chi connectivity index (χ1n) is 5.68. The Morgan fingerprint density at radius 3 is 3.00 bits per heavy atom. The molecule has 0 aliphatic heterocycles. The third kappa shape index (κ3) is 2.51. The van der Waals surface area contributed by atoms with Crippen molar-refractivity contribution in [3.63, 3.8) is 0 Å². The zero-order valence-corrected chi connectivity index (χ0v) is 10.0. The molecule has 0 unspecified atom stereocenters. The highest BCUT2D eigenvalue weighted by Crippen LogP contribution is 2.29. The number of aliphatic carboxylic acids is 1. The van der Waals surface area contributed by atoms with Crippen LogP contribution in [-0.2, 0) is 4.79 Å². The van der Waals surface area contributed by atoms with E-state index < -0.39 is 5.97 Å². The summed E-state index contributed by atoms with van der Waals surface area (Å²) in [7, 11) is 0. The van der Waals surface area contributed by atoms with E-state index in [0.29, 0.717) is 12.4 Å². The molecule has 0 fully saturated rings. The number of aromatic nitrogens is 1. The minimum Gasteiger partial charge on any atom is -0.492 e. The van der Waals surface area contributed by atoms with Crippen molar-refractivity contribution < 1.29 is 14.6 Å². The fourth-order valence-electron chi connectivity index (χ4n) is 1.74. The molecule has 5 nitrogen and oxygen atoms in total. The molecule has 1 aromatic heterocycles. The molecule has 1 heterocycles. The second-order valence-corrected chi connectivity index (χ2v) is 3.69. The van der Waals surface area contributed by atoms with Crippen LogP contribution in [0.15, 0.2) is 30.5 Å². The fourth-order valence-corrected chi connectivity index (χ4v) is 1.74. The van der Waals surface area contributed by atoms with Gasteiger partial charge in [0.1, 0.15) is 17.8 Å². The number of rotatable bonds is 5. The normalized spacial score (nSPS) is 10.3. The monoisotopic (exact) mass is 246 g/mol. The molecule has 94 valence electrons. The molecule has 2 rings (SSSR count). The van der Waals surface area contributed by atoms with E-state index in [1.54, 1.807) is 18.3 Å². The maximum absolute atomic E-state index is 10.6. The van der Waals surface area contributed by atoms with E-state index in [9.17, 15) is 4.79 Å². The van der Waals surface area contributed by atoms with Crippen molar-refractivity contribution in [1.29, 1.82) is 0 Å². The van der Waals surface area contributed by atoms with Crippen molar-refractivity contribution in [1.82, 2.24) is 4.98 Å². The summed E-state index contributed by atoms with van der Waals surface area (Å²) in [5.74, 6) is -0.199. The Morgan fingerprint density at radius 2 is 2.28 bits per heavy atom. The van der Waals surface area contributed by atoms with E-state index in [1.807, 2.05) is 19.1 Å². The summed E-state index contributed by atoms with van der Waals surface area (Å²) in [6.45, 7) is 2.34. The van der Waals surface area contributed by atoms with E-state index in [2.05, 4.69) is 10.3 Å². The molecule has 0 amide bonds. The Bertz CT molecular complexity index is 569. The summed E-state index contributed by atoms with van der Waals surface area (Å²) < 4.78 is 5.49. The number of carboxylic acids is 1. The molecule has 0 atom stereocenters. The minimum absolute atomic E-state index is 0.127. The molecule has 0 saturated heterocycles. The van der Waals surface area contributed by atoms with Crippen LogP contribution in [0.4, 0.5) is 5.69 Å². The lowest BCUT2D eigenvalue weighted by Crippen LogP contribution is -2.12. The van der Waals surface area contributed by atoms with Gasteiger partial charge in [-0.25, -0.2) is 0 Å². The number of anilines is 1. The van der Waals surface area contributed by atoms with Gasteiger partial charge in [0.25, 0.3) is 0 Å². The molecule has 2 aromatic rings. The molecule has 0 spiro atoms. The molecule has 18 heavy (non-hydrogen) atoms. The first kappa shape index (κ1) is 12.2. The van der Waals surface area contributed by atoms with Crippen molar-refractivity contribution in [2.45, 2.75) is 6.92 Å². The van der Waals surface area contributed by atoms with Crippen molar-refractivity contribution >= 4 is 22.6 Å². The number of benzene rings is 1. The van der Waals surface area contributed by atoms with Crippen LogP contribution >= 0.6 is 0 Å². The zero-order valence-electron chi connectivity index (χ0n) is 10.0. The highest BCUT2D eigenvalue weighted by atomic mass is 16.5. The molecule has 5 heteroatoms. The van der Waals surface area contributed by atoms with Crippen LogP contribution in [0.1, 0.15) is 6.92 Å². The summed E-state index contributed by atoms with van der Waals surface area (Å²) in [5, 5.41) is 12.4. The number of hydrogen-bond acceptors (Lipinski definition) is 4. The van der Waals surface area contributed by atoms with E-state index in [0.717, 1.165) is 16.6 Å². The Hall–Kier alpha value is -2.30. The first-order chi connectivity index (χ1) is 8.72. The zero-order chi connectivity index (χ0) is 13.0. The van der Waals surface area contributed by atoms with E-state index >= 15 is 0 Å². The van der Waals surface area contributed by atoms with Gasteiger partial charge in [-0.2, -0.15) is 0 Å². The van der Waals surface area contributed by atoms with Crippen LogP contribution in [0.2, 0.25) is 0 Å². The molecule has 0 radical (unpaired) electrons. The molecule has 0 bridgehead atoms. The third-order valence-corrected chi connectivity index (χ3v) is 2.46. The highest BCUT2D eigenvalue weighted by Gasteiger charge is 2.08. The van der Waals surface area contributed by atoms with Gasteiger partial charge < -0.3 is 15.2 Å². The number of nitrogens with zero attached hydrogens (tertiary/aromatic N) is 1. The van der Waals surface area contributed by atoms with Crippen molar-refractivity contribution in [3.05, 3.63) is 30.5 Å². The number of carbonyl (C=O) groups is 1. The number of hydrogen-bond donors (Lipinski definition) is 2. The average Bonchev–Trinajstić information content (AvgIpc) is 2.38. The Labute approximate surface area is 104 Å². The number of fused-ring (bicyclic) bond motifs is 1. The second-order valence-electron chi connectivity index (χ2n) is 3.69. The summed E-state index contributed by atoms with van der Waals surface area (Å²) >= 11 is 0. The molecule has 1 aromatic carbocycles. The number of carboxylic acid groups (broad SMARTS) is 1. The lowest BCUT2D eigenvalue weighted by molar-refractivity contribution is -0.134. The standard InChI is InChI=1S/C13H14N2O3/c1-2-18-11-6-5-10(15-8-12(16)17)9-4-3-7-14-13(9)11/h3-7,15H,2,8H2,1H3,(H,16,17). The van der Waals surface area contributed by atoms with Crippen LogP contribution < -0.4 is 10.1 Å². The van der Waals surface area contributed by atoms with E-state index in [-0.39, 0.29) is 6.54 Å². The van der Waals surface area contributed by atoms with Gasteiger partial charge >= 0.3 is 5.97 Å². The Balaban J connectivity index is 2.43. The second kappa shape index (κ2) is 5.35. The topological polar surface area (TPSA) is 71.5 Å². The highest BCUT2D eigenvalue weighted by molar-refractivity contribution is 5.95. The van der Waals surface area contributed by atoms with Crippen LogP contribution in [0.25, 0.3) is 10.9 Å². The van der Waals surface area contributed by atoms with Crippen molar-refractivity contribution in [3.8, 4) is 5.75 Å². The first-order valence-corrected chi connectivity index (χ1v) is 5.68. The lowest BCUT2D eigenvalue weighted by atomic mass is 10.1. The summed E-state index contributed by atoms with van der Waals surface area (Å²) in [6.07, 6.45) is 1.69. The SMILES string of the molecule is CCOc1ccc(NCC(=O)O)c2cccnc12. The van der Waals surface area contributed by atoms with Gasteiger partial charge in [0, 0.05) is 17.3 Å². The Morgan fingerprint density at radius 1 is 1.44 bits per heavy atom. The number of nitrogens with one attached hydrogen (secondary N) is 1. The van der Waals surface area contributed by atoms with Gasteiger partial charge in [0.05, 0.1) is 6.61 Å². The number of pyridine rings is 1. The summed E-state index contributed by atoms with van der Waals surface area (Å²) in [5.41, 5.74) is 1.47. The lowest BCUT2D eigenvalue weighted by Gasteiger charge is -2.11. The van der Waals surface area contributed by atoms with E-state index in [1.165, 1.54) is 0 Å². The predicted octanol–water partition coefficient (Wildman–Crippen LogP) is 2.13. The minimum atomic E-state index is -0.902. The largest absolute Gasteiger partial charge is 0.492 e. The molecule has 2 N–H and O–H groups in total. The van der Waals surface area contributed by atoms with Crippen LogP contribution in [0.5, 0.6) is 5.75 Å². The van der Waals surface area contributed by atoms with Gasteiger partial charge in [0.2, 0.25) is 0 Å². The smallest absolute Gasteiger partial charge is 0.322 e. The van der Waals surface area contributed by atoms with Gasteiger partial charge in [-0.3, -0.25) is 9.78 Å². The van der Waals surface area contributed by atoms with Gasteiger partial charge in [0.15, 0.2) is 0 Å². The Kier molecular flexibility index (Phi) is 3.62. The predicted molar refractivity (Wildman–Crippen MR) is 69.0 cm³/mol. The van der Waals surface area contributed by atoms with Gasteiger partial charge in [-0.1, -0.05) is 0 Å². The molecular weight excluding hydrogens is 232 g/mol. The number of ether oxygens (including phenoxy) is 1. The van der Waals surface area contributed by atoms with Crippen LogP contribution in [-0.4, -0.2) is 29.2 Å². The van der Waals surface area contributed by atoms with E-state index in [4.69, 9.17) is 9.84 Å². The van der Waals surface area contributed by atoms with Crippen molar-refractivity contribution in [2.75, 3.05) is 18.5 Å². The van der Waals surface area contributed by atoms with Crippen LogP contribution in [0.3, 0.4) is 0 Å². The quantitative estimate of drug-likeness (QED) is 0.845. The third-order valence-electron chi connectivity index (χ3n) is 2.46. The fraction of sp³-hybridized carbons (Fsp3) is 0.231. The summed E-state index contributed by atoms with van der Waals surface area (Å²) in [4.78, 5) is 14.9. The maximum Gasteiger partial charge on any atom is 0.322 e. The molecule has 0 aliphatic carbocycles. The molecular formula is C13H14N2O3. The van der Waals surface area contributed by atoms with Gasteiger partial charge in [-0.15, -0.1) is 0 Å². The van der Waals surface area contributed by atoms with Crippen molar-refractivity contribution in [2.24, 2.45) is 0 Å². The van der Waals surface area contributed by atoms with Crippen LogP contribution in [0, 0.1) is 0 Å². The summed E-state index contributed by atoms with van der Waals surface area (Å²) in [6, 6.07) is 7.29. The maximum atomic E-state index is 10.6.